The zero-order chi connectivity index (χ0) is 22.8. The lowest BCUT2D eigenvalue weighted by atomic mass is 10.1. The minimum atomic E-state index is 0.377. The first-order valence-electron chi connectivity index (χ1n) is 10.7. The van der Waals surface area contributed by atoms with E-state index in [2.05, 4.69) is 14.9 Å². The summed E-state index contributed by atoms with van der Waals surface area (Å²) in [4.78, 5) is 16.1. The number of benzene rings is 2. The molecule has 33 heavy (non-hydrogen) atoms. The number of aromatic nitrogens is 3. The highest BCUT2D eigenvalue weighted by Crippen LogP contribution is 2.36. The lowest BCUT2D eigenvalue weighted by molar-refractivity contribution is 0.144. The molecule has 2 N–H and O–H groups in total. The molecule has 3 heterocycles. The molecule has 9 nitrogen and oxygen atoms in total. The van der Waals surface area contributed by atoms with E-state index in [4.69, 9.17) is 29.7 Å². The van der Waals surface area contributed by atoms with Crippen LogP contribution in [0.15, 0.2) is 42.6 Å². The molecule has 1 aliphatic heterocycles. The van der Waals surface area contributed by atoms with Crippen LogP contribution >= 0.6 is 0 Å². The van der Waals surface area contributed by atoms with E-state index in [0.717, 1.165) is 22.2 Å². The van der Waals surface area contributed by atoms with Crippen LogP contribution < -0.4 is 24.8 Å². The summed E-state index contributed by atoms with van der Waals surface area (Å²) in [5.41, 5.74) is 8.87. The normalized spacial score (nSPS) is 13.5. The lowest BCUT2D eigenvalue weighted by Gasteiger charge is -2.21. The minimum Gasteiger partial charge on any atom is -0.493 e. The van der Waals surface area contributed by atoms with Gasteiger partial charge in [-0.05, 0) is 12.1 Å². The van der Waals surface area contributed by atoms with Crippen LogP contribution in [0.25, 0.3) is 21.8 Å². The Morgan fingerprint density at radius 1 is 1.06 bits per heavy atom. The fourth-order valence-corrected chi connectivity index (χ4v) is 3.93. The van der Waals surface area contributed by atoms with Crippen molar-refractivity contribution in [3.8, 4) is 17.2 Å². The summed E-state index contributed by atoms with van der Waals surface area (Å²) in [7, 11) is 3.23. The van der Waals surface area contributed by atoms with Gasteiger partial charge in [0.25, 0.3) is 0 Å². The maximum Gasteiger partial charge on any atom is 0.228 e. The second-order valence-corrected chi connectivity index (χ2v) is 7.67. The summed E-state index contributed by atoms with van der Waals surface area (Å²) >= 11 is 0. The molecule has 4 aromatic rings. The van der Waals surface area contributed by atoms with Gasteiger partial charge in [0.05, 0.1) is 36.7 Å². The van der Waals surface area contributed by atoms with E-state index in [1.54, 1.807) is 20.4 Å². The average molecular weight is 447 g/mol. The molecule has 0 atom stereocenters. The smallest absolute Gasteiger partial charge is 0.228 e. The Balaban J connectivity index is 1.60. The van der Waals surface area contributed by atoms with Crippen LogP contribution in [-0.4, -0.2) is 55.5 Å². The van der Waals surface area contributed by atoms with Gasteiger partial charge in [-0.2, -0.15) is 4.98 Å². The Kier molecular flexibility index (Phi) is 5.70. The van der Waals surface area contributed by atoms with Gasteiger partial charge in [-0.15, -0.1) is 0 Å². The lowest BCUT2D eigenvalue weighted by Crippen LogP contribution is -2.27. The van der Waals surface area contributed by atoms with E-state index in [-0.39, 0.29) is 0 Å². The molecule has 1 aliphatic rings. The van der Waals surface area contributed by atoms with Gasteiger partial charge in [0.2, 0.25) is 5.95 Å². The van der Waals surface area contributed by atoms with E-state index in [1.165, 1.54) is 0 Å². The number of nitrogens with zero attached hydrogens (tertiary/aromatic N) is 4. The van der Waals surface area contributed by atoms with E-state index >= 15 is 0 Å². The molecule has 170 valence electrons. The standard InChI is InChI=1S/C24H25N5O4/c1-30-9-10-33-21-12-18-16(11-20(21)31-2)22-17(13-26-18)23(25)28-24(27-22)29-7-8-32-19-6-4-3-5-15(19)14-29/h3-6,11-13H,7-10,14H2,1-2H3,(H2,25,27,28). The summed E-state index contributed by atoms with van der Waals surface area (Å²) in [5, 5.41) is 1.50. The van der Waals surface area contributed by atoms with Crippen molar-refractivity contribution in [2.24, 2.45) is 0 Å². The van der Waals surface area contributed by atoms with Gasteiger partial charge >= 0.3 is 0 Å². The second-order valence-electron chi connectivity index (χ2n) is 7.67. The first-order valence-corrected chi connectivity index (χ1v) is 10.7. The van der Waals surface area contributed by atoms with Crippen LogP contribution in [0.3, 0.4) is 0 Å². The summed E-state index contributed by atoms with van der Waals surface area (Å²) in [6.45, 7) is 2.69. The maximum atomic E-state index is 6.35. The molecule has 9 heteroatoms. The van der Waals surface area contributed by atoms with Gasteiger partial charge in [0, 0.05) is 36.9 Å². The van der Waals surface area contributed by atoms with E-state index in [9.17, 15) is 0 Å². The van der Waals surface area contributed by atoms with E-state index in [0.29, 0.717) is 67.1 Å². The molecule has 0 amide bonds. The highest BCUT2D eigenvalue weighted by atomic mass is 16.5. The predicted octanol–water partition coefficient (Wildman–Crippen LogP) is 3.19. The largest absolute Gasteiger partial charge is 0.493 e. The van der Waals surface area contributed by atoms with E-state index < -0.39 is 0 Å². The van der Waals surface area contributed by atoms with Crippen molar-refractivity contribution in [3.05, 3.63) is 48.2 Å². The topological polar surface area (TPSA) is 105 Å². The Labute approximate surface area is 191 Å². The van der Waals surface area contributed by atoms with Crippen molar-refractivity contribution in [2.75, 3.05) is 51.2 Å². The second kappa shape index (κ2) is 8.95. The fraction of sp³-hybridized carbons (Fsp3) is 0.292. The van der Waals surface area contributed by atoms with Crippen LogP contribution in [0.1, 0.15) is 5.56 Å². The van der Waals surface area contributed by atoms with Crippen molar-refractivity contribution in [3.63, 3.8) is 0 Å². The number of fused-ring (bicyclic) bond motifs is 4. The molecule has 0 saturated carbocycles. The molecule has 0 fully saturated rings. The number of ether oxygens (including phenoxy) is 4. The number of nitrogens with two attached hydrogens (primary N) is 1. The SMILES string of the molecule is COCCOc1cc2ncc3c(N)nc(N4CCOc5ccccc5C4)nc3c2cc1OC. The molecule has 2 aromatic heterocycles. The maximum absolute atomic E-state index is 6.35. The highest BCUT2D eigenvalue weighted by molar-refractivity contribution is 6.07. The third kappa shape index (κ3) is 4.03. The fourth-order valence-electron chi connectivity index (χ4n) is 3.93. The molecule has 0 bridgehead atoms. The Hall–Kier alpha value is -3.85. The van der Waals surface area contributed by atoms with E-state index in [1.807, 2.05) is 36.4 Å². The third-order valence-electron chi connectivity index (χ3n) is 5.61. The first kappa shape index (κ1) is 21.0. The van der Waals surface area contributed by atoms with Crippen molar-refractivity contribution < 1.29 is 18.9 Å². The zero-order valence-corrected chi connectivity index (χ0v) is 18.6. The van der Waals surface area contributed by atoms with Crippen LogP contribution in [0, 0.1) is 0 Å². The zero-order valence-electron chi connectivity index (χ0n) is 18.6. The summed E-state index contributed by atoms with van der Waals surface area (Å²) < 4.78 is 22.3. The monoisotopic (exact) mass is 447 g/mol. The highest BCUT2D eigenvalue weighted by Gasteiger charge is 2.20. The van der Waals surface area contributed by atoms with Crippen molar-refractivity contribution in [1.82, 2.24) is 15.0 Å². The van der Waals surface area contributed by atoms with Crippen molar-refractivity contribution in [2.45, 2.75) is 6.54 Å². The van der Waals surface area contributed by atoms with Gasteiger partial charge in [-0.3, -0.25) is 4.98 Å². The number of nitrogen functional groups attached to an aromatic ring is 1. The molecule has 5 rings (SSSR count). The predicted molar refractivity (Wildman–Crippen MR) is 126 cm³/mol. The summed E-state index contributed by atoms with van der Waals surface area (Å²) in [5.74, 6) is 2.99. The number of rotatable bonds is 6. The average Bonchev–Trinajstić information content (AvgIpc) is 3.06. The molecular formula is C24H25N5O4. The molecule has 0 saturated heterocycles. The van der Waals surface area contributed by atoms with Crippen LogP contribution in [0.4, 0.5) is 11.8 Å². The molecule has 2 aromatic carbocycles. The van der Waals surface area contributed by atoms with Crippen LogP contribution in [-0.2, 0) is 11.3 Å². The number of anilines is 2. The minimum absolute atomic E-state index is 0.377. The number of methoxy groups -OCH3 is 2. The Morgan fingerprint density at radius 3 is 2.79 bits per heavy atom. The number of hydrogen-bond donors (Lipinski definition) is 1. The Morgan fingerprint density at radius 2 is 1.94 bits per heavy atom. The number of para-hydroxylation sites is 1. The molecule has 0 spiro atoms. The van der Waals surface area contributed by atoms with Gasteiger partial charge in [0.1, 0.15) is 24.8 Å². The van der Waals surface area contributed by atoms with Gasteiger partial charge in [-0.1, -0.05) is 18.2 Å². The quantitative estimate of drug-likeness (QED) is 0.352. The Bertz CT molecular complexity index is 1310. The first-order chi connectivity index (χ1) is 16.2. The molecule has 0 unspecified atom stereocenters. The van der Waals surface area contributed by atoms with Crippen LogP contribution in [0.2, 0.25) is 0 Å². The van der Waals surface area contributed by atoms with Crippen molar-refractivity contribution >= 4 is 33.6 Å². The molecule has 0 aliphatic carbocycles. The summed E-state index contributed by atoms with van der Waals surface area (Å²) in [6, 6.07) is 11.7. The third-order valence-corrected chi connectivity index (χ3v) is 5.61. The number of pyridine rings is 1. The number of hydrogen-bond acceptors (Lipinski definition) is 9. The summed E-state index contributed by atoms with van der Waals surface area (Å²) in [6.07, 6.45) is 1.70. The van der Waals surface area contributed by atoms with Crippen molar-refractivity contribution in [1.29, 1.82) is 0 Å². The van der Waals surface area contributed by atoms with Crippen LogP contribution in [0.5, 0.6) is 17.2 Å². The van der Waals surface area contributed by atoms with Gasteiger partial charge in [-0.25, -0.2) is 4.98 Å². The molecular weight excluding hydrogens is 422 g/mol. The van der Waals surface area contributed by atoms with Gasteiger partial charge < -0.3 is 29.6 Å². The van der Waals surface area contributed by atoms with Gasteiger partial charge in [0.15, 0.2) is 11.5 Å². The molecule has 0 radical (unpaired) electrons.